The van der Waals surface area contributed by atoms with Crippen molar-refractivity contribution in [2.24, 2.45) is 0 Å². The molecule has 1 fully saturated rings. The molecule has 4 rings (SSSR count). The number of aryl methyl sites for hydroxylation is 2. The maximum Gasteiger partial charge on any atom is 0.222 e. The van der Waals surface area contributed by atoms with Gasteiger partial charge >= 0.3 is 0 Å². The number of ether oxygens (including phenoxy) is 1. The number of pyridine rings is 1. The van der Waals surface area contributed by atoms with Crippen LogP contribution in [0.25, 0.3) is 5.65 Å². The molecule has 0 atom stereocenters. The molecule has 0 N–H and O–H groups in total. The normalized spacial score (nSPS) is 14.9. The fourth-order valence-electron chi connectivity index (χ4n) is 3.97. The Labute approximate surface area is 182 Å². The number of benzene rings is 1. The summed E-state index contributed by atoms with van der Waals surface area (Å²) >= 11 is 0. The Kier molecular flexibility index (Phi) is 6.51. The van der Waals surface area contributed by atoms with Gasteiger partial charge in [-0.3, -0.25) is 9.69 Å². The summed E-state index contributed by atoms with van der Waals surface area (Å²) in [6.45, 7) is 8.63. The number of fused-ring (bicyclic) bond motifs is 1. The highest BCUT2D eigenvalue weighted by molar-refractivity contribution is 5.76. The van der Waals surface area contributed by atoms with Gasteiger partial charge in [0.1, 0.15) is 17.2 Å². The van der Waals surface area contributed by atoms with Crippen LogP contribution in [-0.2, 0) is 11.3 Å². The van der Waals surface area contributed by atoms with Gasteiger partial charge in [0.15, 0.2) is 0 Å². The number of hydrogen-bond acceptors (Lipinski definition) is 4. The number of amides is 1. The SMILES string of the molecule is Cc1ccn2c(CN3CCN(C(=O)CCCOc4ccc(F)cc4)CC3)c(C)nc2c1. The van der Waals surface area contributed by atoms with E-state index in [4.69, 9.17) is 9.72 Å². The zero-order valence-corrected chi connectivity index (χ0v) is 18.2. The summed E-state index contributed by atoms with van der Waals surface area (Å²) in [7, 11) is 0. The number of halogens is 1. The minimum absolute atomic E-state index is 0.170. The van der Waals surface area contributed by atoms with Gasteiger partial charge in [-0.1, -0.05) is 0 Å². The van der Waals surface area contributed by atoms with Gasteiger partial charge < -0.3 is 14.0 Å². The van der Waals surface area contributed by atoms with Crippen LogP contribution in [0.2, 0.25) is 0 Å². The highest BCUT2D eigenvalue weighted by atomic mass is 19.1. The monoisotopic (exact) mass is 424 g/mol. The molecule has 31 heavy (non-hydrogen) atoms. The Balaban J connectivity index is 1.22. The van der Waals surface area contributed by atoms with Gasteiger partial charge in [-0.05, 0) is 62.2 Å². The quantitative estimate of drug-likeness (QED) is 0.544. The first kappa shape index (κ1) is 21.3. The zero-order chi connectivity index (χ0) is 21.8. The Morgan fingerprint density at radius 2 is 1.84 bits per heavy atom. The third-order valence-corrected chi connectivity index (χ3v) is 5.80. The van der Waals surface area contributed by atoms with Gasteiger partial charge in [-0.15, -0.1) is 0 Å². The van der Waals surface area contributed by atoms with Gasteiger partial charge in [0.25, 0.3) is 0 Å². The molecule has 1 amide bonds. The number of carbonyl (C=O) groups is 1. The summed E-state index contributed by atoms with van der Waals surface area (Å²) in [6.07, 6.45) is 3.21. The molecule has 1 aromatic carbocycles. The van der Waals surface area contributed by atoms with Crippen LogP contribution in [0.1, 0.15) is 29.8 Å². The number of imidazole rings is 1. The van der Waals surface area contributed by atoms with Crippen molar-refractivity contribution < 1.29 is 13.9 Å². The van der Waals surface area contributed by atoms with E-state index in [1.54, 1.807) is 12.1 Å². The van der Waals surface area contributed by atoms with Crippen molar-refractivity contribution in [1.29, 1.82) is 0 Å². The van der Waals surface area contributed by atoms with Crippen LogP contribution in [0.4, 0.5) is 4.39 Å². The van der Waals surface area contributed by atoms with Gasteiger partial charge in [0.05, 0.1) is 18.0 Å². The van der Waals surface area contributed by atoms with Crippen molar-refractivity contribution in [3.8, 4) is 5.75 Å². The zero-order valence-electron chi connectivity index (χ0n) is 18.2. The second kappa shape index (κ2) is 9.47. The minimum Gasteiger partial charge on any atom is -0.494 e. The molecule has 0 spiro atoms. The molecule has 2 aromatic heterocycles. The lowest BCUT2D eigenvalue weighted by Gasteiger charge is -2.34. The minimum atomic E-state index is -0.284. The molecule has 0 saturated carbocycles. The van der Waals surface area contributed by atoms with Gasteiger partial charge in [-0.25, -0.2) is 9.37 Å². The van der Waals surface area contributed by atoms with Crippen LogP contribution < -0.4 is 4.74 Å². The number of nitrogens with zero attached hydrogens (tertiary/aromatic N) is 4. The molecule has 0 bridgehead atoms. The molecule has 1 aliphatic rings. The number of piperazine rings is 1. The Bertz CT molecular complexity index is 1040. The van der Waals surface area contributed by atoms with E-state index in [0.717, 1.165) is 44.1 Å². The molecule has 0 aliphatic carbocycles. The fourth-order valence-corrected chi connectivity index (χ4v) is 3.97. The van der Waals surface area contributed by atoms with Gasteiger partial charge in [0, 0.05) is 45.3 Å². The second-order valence-electron chi connectivity index (χ2n) is 8.14. The van der Waals surface area contributed by atoms with E-state index in [2.05, 4.69) is 41.5 Å². The molecule has 3 aromatic rings. The Hall–Kier alpha value is -2.93. The molecule has 0 radical (unpaired) electrons. The summed E-state index contributed by atoms with van der Waals surface area (Å²) in [5.74, 6) is 0.512. The molecular weight excluding hydrogens is 395 g/mol. The molecule has 1 aliphatic heterocycles. The summed E-state index contributed by atoms with van der Waals surface area (Å²) in [5, 5.41) is 0. The van der Waals surface area contributed by atoms with E-state index in [-0.39, 0.29) is 11.7 Å². The number of rotatable bonds is 7. The van der Waals surface area contributed by atoms with Crippen LogP contribution in [0.5, 0.6) is 5.75 Å². The second-order valence-corrected chi connectivity index (χ2v) is 8.14. The van der Waals surface area contributed by atoms with Crippen molar-refractivity contribution in [1.82, 2.24) is 19.2 Å². The first-order valence-corrected chi connectivity index (χ1v) is 10.8. The predicted molar refractivity (Wildman–Crippen MR) is 118 cm³/mol. The summed E-state index contributed by atoms with van der Waals surface area (Å²) in [5.41, 5.74) is 4.47. The molecule has 164 valence electrons. The topological polar surface area (TPSA) is 50.1 Å². The number of aromatic nitrogens is 2. The van der Waals surface area contributed by atoms with Gasteiger partial charge in [0.2, 0.25) is 5.91 Å². The maximum atomic E-state index is 12.9. The molecule has 7 heteroatoms. The molecule has 3 heterocycles. The van der Waals surface area contributed by atoms with Crippen molar-refractivity contribution in [2.45, 2.75) is 33.2 Å². The highest BCUT2D eigenvalue weighted by Crippen LogP contribution is 2.17. The molecule has 6 nitrogen and oxygen atoms in total. The molecule has 1 saturated heterocycles. The predicted octanol–water partition coefficient (Wildman–Crippen LogP) is 3.59. The average Bonchev–Trinajstić information content (AvgIpc) is 3.07. The van der Waals surface area contributed by atoms with Crippen molar-refractivity contribution >= 4 is 11.6 Å². The Morgan fingerprint density at radius 1 is 1.10 bits per heavy atom. The van der Waals surface area contributed by atoms with E-state index < -0.39 is 0 Å². The van der Waals surface area contributed by atoms with E-state index >= 15 is 0 Å². The van der Waals surface area contributed by atoms with Crippen LogP contribution in [-0.4, -0.2) is 57.9 Å². The number of carbonyl (C=O) groups excluding carboxylic acids is 1. The summed E-state index contributed by atoms with van der Waals surface area (Å²) in [4.78, 5) is 21.5. The first-order chi connectivity index (χ1) is 15.0. The third kappa shape index (κ3) is 5.22. The van der Waals surface area contributed by atoms with Crippen molar-refractivity contribution in [3.05, 3.63) is 65.4 Å². The molecule has 0 unspecified atom stereocenters. The lowest BCUT2D eigenvalue weighted by Crippen LogP contribution is -2.48. The lowest BCUT2D eigenvalue weighted by atomic mass is 10.2. The molecular formula is C24H29FN4O2. The van der Waals surface area contributed by atoms with Crippen LogP contribution in [0, 0.1) is 19.7 Å². The van der Waals surface area contributed by atoms with Crippen molar-refractivity contribution in [2.75, 3.05) is 32.8 Å². The third-order valence-electron chi connectivity index (χ3n) is 5.80. The summed E-state index contributed by atoms with van der Waals surface area (Å²) < 4.78 is 20.7. The number of hydrogen-bond donors (Lipinski definition) is 0. The largest absolute Gasteiger partial charge is 0.494 e. The fraction of sp³-hybridized carbons (Fsp3) is 0.417. The Morgan fingerprint density at radius 3 is 2.58 bits per heavy atom. The van der Waals surface area contributed by atoms with Crippen LogP contribution in [0.3, 0.4) is 0 Å². The lowest BCUT2D eigenvalue weighted by molar-refractivity contribution is -0.133. The van der Waals surface area contributed by atoms with Crippen molar-refractivity contribution in [3.63, 3.8) is 0 Å². The van der Waals surface area contributed by atoms with Crippen LogP contribution in [0.15, 0.2) is 42.6 Å². The van der Waals surface area contributed by atoms with E-state index in [9.17, 15) is 9.18 Å². The highest BCUT2D eigenvalue weighted by Gasteiger charge is 2.22. The maximum absolute atomic E-state index is 12.9. The van der Waals surface area contributed by atoms with Crippen LogP contribution >= 0.6 is 0 Å². The van der Waals surface area contributed by atoms with E-state index in [0.29, 0.717) is 25.2 Å². The smallest absolute Gasteiger partial charge is 0.222 e. The average molecular weight is 425 g/mol. The first-order valence-electron chi connectivity index (χ1n) is 10.8. The summed E-state index contributed by atoms with van der Waals surface area (Å²) in [6, 6.07) is 10.2. The standard InChI is InChI=1S/C24H29FN4O2/c1-18-9-10-29-22(19(2)26-23(29)16-18)17-27-11-13-28(14-12-27)24(30)4-3-15-31-21-7-5-20(25)6-8-21/h5-10,16H,3-4,11-15,17H2,1-2H3. The van der Waals surface area contributed by atoms with E-state index in [1.807, 2.05) is 4.90 Å². The van der Waals surface area contributed by atoms with E-state index in [1.165, 1.54) is 23.4 Å². The van der Waals surface area contributed by atoms with Gasteiger partial charge in [-0.2, -0.15) is 0 Å².